The average molecular weight is 584 g/mol. The normalized spacial score (nSPS) is 31.6. The first-order valence-corrected chi connectivity index (χ1v) is 14.7. The topological polar surface area (TPSA) is 170 Å². The van der Waals surface area contributed by atoms with E-state index in [2.05, 4.69) is 26.1 Å². The molecular weight excluding hydrogens is 538 g/mol. The summed E-state index contributed by atoms with van der Waals surface area (Å²) in [5.74, 6) is -8.98. The molecule has 3 unspecified atom stereocenters. The van der Waals surface area contributed by atoms with Gasteiger partial charge in [-0.2, -0.15) is 0 Å². The van der Waals surface area contributed by atoms with Gasteiger partial charge < -0.3 is 31.3 Å². The Morgan fingerprint density at radius 1 is 1.21 bits per heavy atom. The molecular formula is C32H45N3O7. The number of aliphatic hydroxyl groups is 2. The number of aromatic hydroxyl groups is 1. The molecule has 4 rings (SSSR count). The molecule has 0 heterocycles. The van der Waals surface area contributed by atoms with Crippen molar-refractivity contribution in [2.45, 2.75) is 78.2 Å². The third kappa shape index (κ3) is 5.12. The summed E-state index contributed by atoms with van der Waals surface area (Å²) in [4.78, 5) is 55.7. The number of nitrogens with one attached hydrogen (secondary N) is 1. The standard InChI is InChI=1S/C32H45N3O7/c1-8-9-15(2)18-11-17(13-34-14-31(3,4)5)25(36)22-19(18)10-16-12-20-24(35(6)7)27(38)23(30(33)41)29(40)32(20,42)28(39)21(16)26(22)37/h9,11,16,20-21,23-24,27,34,36,38,42H,8,10,12-14H2,1-7H3,(H2,33,41)/t16-,20-,21?,23?,24-,27?,32-/m1/s1. The molecule has 1 aromatic rings. The van der Waals surface area contributed by atoms with Crippen LogP contribution in [0.4, 0.5) is 0 Å². The fourth-order valence-corrected chi connectivity index (χ4v) is 7.42. The molecule has 0 saturated heterocycles. The minimum Gasteiger partial charge on any atom is -0.507 e. The SMILES string of the molecule is CCC=C(C)c1cc(CNCC(C)(C)C)c(O)c2c1C[C@@H]1C[C@@H]3[C@@H](N(C)C)C(O)C(C(N)=O)C(=O)[C@]3(O)C(=O)C1C2=O. The van der Waals surface area contributed by atoms with E-state index >= 15 is 0 Å². The van der Waals surface area contributed by atoms with E-state index < -0.39 is 64.7 Å². The van der Waals surface area contributed by atoms with Crippen molar-refractivity contribution in [1.82, 2.24) is 10.2 Å². The first-order valence-electron chi connectivity index (χ1n) is 14.7. The van der Waals surface area contributed by atoms with E-state index in [0.29, 0.717) is 24.2 Å². The summed E-state index contributed by atoms with van der Waals surface area (Å²) in [6, 6.07) is 0.964. The number of likely N-dealkylation sites (N-methyl/N-ethyl adjacent to an activating group) is 1. The number of hydrogen-bond donors (Lipinski definition) is 5. The lowest BCUT2D eigenvalue weighted by molar-refractivity contribution is -0.190. The lowest BCUT2D eigenvalue weighted by Gasteiger charge is -2.55. The maximum Gasteiger partial charge on any atom is 0.230 e. The fraction of sp³-hybridized carbons (Fsp3) is 0.625. The summed E-state index contributed by atoms with van der Waals surface area (Å²) < 4.78 is 0. The van der Waals surface area contributed by atoms with E-state index in [1.807, 2.05) is 26.0 Å². The molecule has 0 spiro atoms. The minimum atomic E-state index is -2.68. The van der Waals surface area contributed by atoms with Crippen molar-refractivity contribution in [1.29, 1.82) is 0 Å². The summed E-state index contributed by atoms with van der Waals surface area (Å²) in [6.07, 6.45) is 1.63. The summed E-state index contributed by atoms with van der Waals surface area (Å²) in [5, 5.41) is 37.7. The summed E-state index contributed by atoms with van der Waals surface area (Å²) >= 11 is 0. The number of primary amides is 1. The number of nitrogens with zero attached hydrogens (tertiary/aromatic N) is 1. The van der Waals surface area contributed by atoms with Gasteiger partial charge in [0.1, 0.15) is 11.7 Å². The van der Waals surface area contributed by atoms with Crippen LogP contribution in [-0.4, -0.2) is 81.9 Å². The van der Waals surface area contributed by atoms with Gasteiger partial charge in [0.25, 0.3) is 0 Å². The van der Waals surface area contributed by atoms with Gasteiger partial charge in [-0.1, -0.05) is 33.8 Å². The maximum atomic E-state index is 14.2. The number of carbonyl (C=O) groups excluding carboxylic acids is 4. The Kier molecular flexibility index (Phi) is 8.61. The van der Waals surface area contributed by atoms with Crippen LogP contribution in [0.15, 0.2) is 12.1 Å². The van der Waals surface area contributed by atoms with Gasteiger partial charge in [-0.25, -0.2) is 0 Å². The van der Waals surface area contributed by atoms with Crippen molar-refractivity contribution in [3.63, 3.8) is 0 Å². The van der Waals surface area contributed by atoms with Crippen LogP contribution in [0.25, 0.3) is 5.57 Å². The number of benzene rings is 1. The zero-order chi connectivity index (χ0) is 31.5. The molecule has 7 atom stereocenters. The first-order chi connectivity index (χ1) is 19.5. The quantitative estimate of drug-likeness (QED) is 0.299. The van der Waals surface area contributed by atoms with Crippen LogP contribution in [0, 0.1) is 29.1 Å². The van der Waals surface area contributed by atoms with E-state index in [0.717, 1.165) is 17.6 Å². The van der Waals surface area contributed by atoms with Crippen molar-refractivity contribution >= 4 is 28.8 Å². The molecule has 1 amide bonds. The molecule has 0 aromatic heterocycles. The highest BCUT2D eigenvalue weighted by Gasteiger charge is 2.69. The Bertz CT molecular complexity index is 1340. The highest BCUT2D eigenvalue weighted by molar-refractivity contribution is 6.25. The number of hydrogen-bond acceptors (Lipinski definition) is 9. The van der Waals surface area contributed by atoms with Crippen molar-refractivity contribution in [3.8, 4) is 5.75 Å². The predicted molar refractivity (Wildman–Crippen MR) is 157 cm³/mol. The lowest BCUT2D eigenvalue weighted by Crippen LogP contribution is -2.75. The van der Waals surface area contributed by atoms with Gasteiger partial charge >= 0.3 is 0 Å². The molecule has 0 bridgehead atoms. The Morgan fingerprint density at radius 3 is 2.40 bits per heavy atom. The highest BCUT2D eigenvalue weighted by Crippen LogP contribution is 2.52. The maximum absolute atomic E-state index is 14.2. The van der Waals surface area contributed by atoms with Crippen LogP contribution < -0.4 is 11.1 Å². The van der Waals surface area contributed by atoms with Crippen LogP contribution >= 0.6 is 0 Å². The fourth-order valence-electron chi connectivity index (χ4n) is 7.42. The van der Waals surface area contributed by atoms with Crippen LogP contribution in [0.3, 0.4) is 0 Å². The molecule has 2 fully saturated rings. The molecule has 1 aromatic carbocycles. The third-order valence-electron chi connectivity index (χ3n) is 9.27. The number of nitrogens with two attached hydrogens (primary N) is 1. The third-order valence-corrected chi connectivity index (χ3v) is 9.27. The smallest absolute Gasteiger partial charge is 0.230 e. The van der Waals surface area contributed by atoms with Gasteiger partial charge in [0, 0.05) is 30.6 Å². The number of carbonyl (C=O) groups is 4. The number of allylic oxidation sites excluding steroid dienone is 2. The Hall–Kier alpha value is -2.92. The second kappa shape index (κ2) is 11.3. The molecule has 6 N–H and O–H groups in total. The first kappa shape index (κ1) is 32.0. The van der Waals surface area contributed by atoms with Gasteiger partial charge in [-0.15, -0.1) is 0 Å². The van der Waals surface area contributed by atoms with Crippen molar-refractivity contribution in [2.75, 3.05) is 20.6 Å². The second-order valence-corrected chi connectivity index (χ2v) is 13.7. The highest BCUT2D eigenvalue weighted by atomic mass is 16.3. The molecule has 3 aliphatic rings. The number of amides is 1. The Balaban J connectivity index is 1.86. The summed E-state index contributed by atoms with van der Waals surface area (Å²) in [6.45, 7) is 11.2. The zero-order valence-corrected chi connectivity index (χ0v) is 25.7. The number of Topliss-reactive ketones (excluding diaryl/α,β-unsaturated/α-hetero) is 3. The van der Waals surface area contributed by atoms with Crippen LogP contribution in [0.1, 0.15) is 74.5 Å². The largest absolute Gasteiger partial charge is 0.507 e. The van der Waals surface area contributed by atoms with Gasteiger partial charge in [-0.05, 0) is 74.4 Å². The number of ketones is 3. The van der Waals surface area contributed by atoms with Gasteiger partial charge in [0.2, 0.25) is 5.91 Å². The second-order valence-electron chi connectivity index (χ2n) is 13.7. The summed E-state index contributed by atoms with van der Waals surface area (Å²) in [7, 11) is 3.26. The van der Waals surface area contributed by atoms with E-state index in [-0.39, 0.29) is 29.6 Å². The zero-order valence-electron chi connectivity index (χ0n) is 25.7. The van der Waals surface area contributed by atoms with E-state index in [9.17, 15) is 34.5 Å². The average Bonchev–Trinajstić information content (AvgIpc) is 2.86. The van der Waals surface area contributed by atoms with Gasteiger partial charge in [0.05, 0.1) is 17.6 Å². The van der Waals surface area contributed by atoms with Crippen molar-refractivity contribution in [3.05, 3.63) is 34.4 Å². The number of phenolic OH excluding ortho intramolecular Hbond substituents is 1. The van der Waals surface area contributed by atoms with Crippen LogP contribution in [-0.2, 0) is 27.3 Å². The van der Waals surface area contributed by atoms with E-state index in [1.165, 1.54) is 0 Å². The van der Waals surface area contributed by atoms with Gasteiger partial charge in [-0.3, -0.25) is 19.2 Å². The molecule has 10 nitrogen and oxygen atoms in total. The number of fused-ring (bicyclic) bond motifs is 3. The monoisotopic (exact) mass is 583 g/mol. The molecule has 3 aliphatic carbocycles. The Labute approximate surface area is 247 Å². The molecule has 10 heteroatoms. The molecule has 2 saturated carbocycles. The lowest BCUT2D eigenvalue weighted by atomic mass is 9.52. The van der Waals surface area contributed by atoms with Crippen molar-refractivity contribution in [2.24, 2.45) is 34.8 Å². The number of aliphatic hydroxyl groups excluding tert-OH is 1. The Morgan fingerprint density at radius 2 is 1.86 bits per heavy atom. The van der Waals surface area contributed by atoms with Crippen molar-refractivity contribution < 1.29 is 34.5 Å². The molecule has 0 aliphatic heterocycles. The van der Waals surface area contributed by atoms with Crippen LogP contribution in [0.2, 0.25) is 0 Å². The van der Waals surface area contributed by atoms with E-state index in [4.69, 9.17) is 5.73 Å². The van der Waals surface area contributed by atoms with Crippen LogP contribution in [0.5, 0.6) is 5.75 Å². The predicted octanol–water partition coefficient (Wildman–Crippen LogP) is 1.61. The molecule has 230 valence electrons. The number of rotatable bonds is 7. The van der Waals surface area contributed by atoms with Gasteiger partial charge in [0.15, 0.2) is 23.0 Å². The molecule has 42 heavy (non-hydrogen) atoms. The summed E-state index contributed by atoms with van der Waals surface area (Å²) in [5.41, 5.74) is 5.72. The number of phenols is 1. The van der Waals surface area contributed by atoms with E-state index in [1.54, 1.807) is 19.0 Å². The minimum absolute atomic E-state index is 0.0124. The molecule has 0 radical (unpaired) electrons.